The highest BCUT2D eigenvalue weighted by atomic mass is 32.1. The van der Waals surface area contributed by atoms with Crippen LogP contribution in [0.4, 0.5) is 0 Å². The molecule has 6 heteroatoms. The number of primary amides is 1. The molecule has 0 aliphatic carbocycles. The lowest BCUT2D eigenvalue weighted by atomic mass is 9.92. The molecule has 2 N–H and O–H groups in total. The summed E-state index contributed by atoms with van der Waals surface area (Å²) in [6.07, 6.45) is 2.62. The van der Waals surface area contributed by atoms with Gasteiger partial charge in [0, 0.05) is 6.54 Å². The van der Waals surface area contributed by atoms with Crippen molar-refractivity contribution in [1.82, 2.24) is 9.88 Å². The van der Waals surface area contributed by atoms with Gasteiger partial charge in [0.1, 0.15) is 6.04 Å². The van der Waals surface area contributed by atoms with Crippen molar-refractivity contribution in [1.29, 1.82) is 0 Å². The lowest BCUT2D eigenvalue weighted by molar-refractivity contribution is -0.124. The van der Waals surface area contributed by atoms with Crippen LogP contribution in [-0.4, -0.2) is 22.3 Å². The smallest absolute Gasteiger partial charge is 0.239 e. The van der Waals surface area contributed by atoms with Crippen LogP contribution in [0.5, 0.6) is 0 Å². The number of fused-ring (bicyclic) bond motifs is 1. The number of rotatable bonds is 4. The van der Waals surface area contributed by atoms with Gasteiger partial charge in [-0.2, -0.15) is 0 Å². The fourth-order valence-electron chi connectivity index (χ4n) is 3.21. The van der Waals surface area contributed by atoms with Gasteiger partial charge in [0.25, 0.3) is 0 Å². The quantitative estimate of drug-likeness (QED) is 0.793. The van der Waals surface area contributed by atoms with Crippen molar-refractivity contribution in [2.24, 2.45) is 5.73 Å². The van der Waals surface area contributed by atoms with Crippen LogP contribution >= 0.6 is 11.3 Å². The minimum Gasteiger partial charge on any atom is -0.438 e. The van der Waals surface area contributed by atoms with Gasteiger partial charge in [0.05, 0.1) is 17.6 Å². The Balaban J connectivity index is 1.59. The molecular weight excluding hydrogens is 322 g/mol. The number of thiophene rings is 1. The van der Waals surface area contributed by atoms with E-state index in [9.17, 15) is 4.79 Å². The van der Waals surface area contributed by atoms with E-state index >= 15 is 0 Å². The Morgan fingerprint density at radius 2 is 2.21 bits per heavy atom. The zero-order valence-electron chi connectivity index (χ0n) is 13.0. The van der Waals surface area contributed by atoms with Crippen LogP contribution in [0.2, 0.25) is 0 Å². The Labute approximate surface area is 143 Å². The van der Waals surface area contributed by atoms with Crippen LogP contribution in [0.25, 0.3) is 10.6 Å². The van der Waals surface area contributed by atoms with Crippen LogP contribution in [0, 0.1) is 0 Å². The maximum Gasteiger partial charge on any atom is 0.239 e. The standard InChI is InChI=1S/C18H17N3O2S/c19-18(22)17-13-5-2-1-4-12(13)7-8-21(17)11-16-20-10-14(23-16)15-6-3-9-24-15/h1-6,9-10,17H,7-8,11H2,(H2,19,22)/t17-/m1/s1. The third-order valence-corrected chi connectivity index (χ3v) is 5.19. The van der Waals surface area contributed by atoms with Crippen molar-refractivity contribution in [2.75, 3.05) is 6.54 Å². The first-order valence-corrected chi connectivity index (χ1v) is 8.70. The Hall–Kier alpha value is -2.44. The second-order valence-corrected chi connectivity index (χ2v) is 6.77. The summed E-state index contributed by atoms with van der Waals surface area (Å²) in [5.74, 6) is 1.02. The fourth-order valence-corrected chi connectivity index (χ4v) is 3.88. The minimum absolute atomic E-state index is 0.341. The molecule has 1 aromatic carbocycles. The van der Waals surface area contributed by atoms with Crippen molar-refractivity contribution in [3.63, 3.8) is 0 Å². The number of hydrogen-bond acceptors (Lipinski definition) is 5. The molecule has 1 amide bonds. The summed E-state index contributed by atoms with van der Waals surface area (Å²) < 4.78 is 5.85. The zero-order valence-corrected chi connectivity index (χ0v) is 13.8. The summed E-state index contributed by atoms with van der Waals surface area (Å²) in [4.78, 5) is 19.5. The van der Waals surface area contributed by atoms with Gasteiger partial charge < -0.3 is 10.2 Å². The molecule has 5 nitrogen and oxygen atoms in total. The largest absolute Gasteiger partial charge is 0.438 e. The predicted molar refractivity (Wildman–Crippen MR) is 92.3 cm³/mol. The van der Waals surface area contributed by atoms with Crippen molar-refractivity contribution in [3.8, 4) is 10.6 Å². The summed E-state index contributed by atoms with van der Waals surface area (Å²) in [7, 11) is 0. The lowest BCUT2D eigenvalue weighted by Gasteiger charge is -2.34. The third-order valence-electron chi connectivity index (χ3n) is 4.31. The summed E-state index contributed by atoms with van der Waals surface area (Å²) in [6, 6.07) is 11.5. The summed E-state index contributed by atoms with van der Waals surface area (Å²) in [5, 5.41) is 2.00. The topological polar surface area (TPSA) is 72.4 Å². The van der Waals surface area contributed by atoms with Gasteiger partial charge in [-0.05, 0) is 29.0 Å². The van der Waals surface area contributed by atoms with E-state index in [2.05, 4.69) is 11.1 Å². The average molecular weight is 339 g/mol. The van der Waals surface area contributed by atoms with Crippen LogP contribution in [0.3, 0.4) is 0 Å². The molecule has 2 aromatic heterocycles. The molecule has 0 unspecified atom stereocenters. The molecule has 0 radical (unpaired) electrons. The summed E-state index contributed by atoms with van der Waals surface area (Å²) in [5.41, 5.74) is 7.85. The first-order valence-electron chi connectivity index (χ1n) is 7.82. The van der Waals surface area contributed by atoms with Crippen molar-refractivity contribution in [3.05, 3.63) is 65.0 Å². The van der Waals surface area contributed by atoms with Gasteiger partial charge in [-0.1, -0.05) is 30.3 Å². The van der Waals surface area contributed by atoms with E-state index < -0.39 is 6.04 Å². The molecule has 0 saturated carbocycles. The Kier molecular flexibility index (Phi) is 3.92. The second kappa shape index (κ2) is 6.22. The van der Waals surface area contributed by atoms with E-state index in [1.165, 1.54) is 5.56 Å². The Morgan fingerprint density at radius 1 is 1.33 bits per heavy atom. The highest BCUT2D eigenvalue weighted by molar-refractivity contribution is 7.13. The molecule has 1 atom stereocenters. The van der Waals surface area contributed by atoms with Gasteiger partial charge in [-0.25, -0.2) is 4.98 Å². The molecule has 0 bridgehead atoms. The number of carbonyl (C=O) groups is 1. The van der Waals surface area contributed by atoms with E-state index in [4.69, 9.17) is 10.2 Å². The van der Waals surface area contributed by atoms with E-state index in [1.54, 1.807) is 17.5 Å². The molecule has 0 fully saturated rings. The number of oxazole rings is 1. The summed E-state index contributed by atoms with van der Waals surface area (Å²) >= 11 is 1.61. The van der Waals surface area contributed by atoms with E-state index in [1.807, 2.05) is 40.6 Å². The van der Waals surface area contributed by atoms with Gasteiger partial charge in [0.2, 0.25) is 11.8 Å². The molecule has 1 aliphatic rings. The van der Waals surface area contributed by atoms with Gasteiger partial charge in [-0.15, -0.1) is 11.3 Å². The Morgan fingerprint density at radius 3 is 3.00 bits per heavy atom. The summed E-state index contributed by atoms with van der Waals surface area (Å²) in [6.45, 7) is 1.22. The van der Waals surface area contributed by atoms with Crippen LogP contribution in [-0.2, 0) is 17.8 Å². The SMILES string of the molecule is NC(=O)[C@H]1c2ccccc2CCN1Cc1ncc(-c2cccs2)o1. The van der Waals surface area contributed by atoms with E-state index in [-0.39, 0.29) is 5.91 Å². The lowest BCUT2D eigenvalue weighted by Crippen LogP contribution is -2.42. The molecule has 3 heterocycles. The number of amides is 1. The number of hydrogen-bond donors (Lipinski definition) is 1. The van der Waals surface area contributed by atoms with E-state index in [0.717, 1.165) is 29.2 Å². The molecule has 3 aromatic rings. The monoisotopic (exact) mass is 339 g/mol. The van der Waals surface area contributed by atoms with Gasteiger partial charge in [0.15, 0.2) is 5.76 Å². The first-order chi connectivity index (χ1) is 11.7. The average Bonchev–Trinajstić information content (AvgIpc) is 3.25. The third kappa shape index (κ3) is 2.74. The highest BCUT2D eigenvalue weighted by Crippen LogP contribution is 2.31. The molecule has 0 spiro atoms. The number of carbonyl (C=O) groups excluding carboxylic acids is 1. The Bertz CT molecular complexity index is 857. The highest BCUT2D eigenvalue weighted by Gasteiger charge is 2.32. The number of benzene rings is 1. The normalized spacial score (nSPS) is 17.6. The van der Waals surface area contributed by atoms with Crippen molar-refractivity contribution in [2.45, 2.75) is 19.0 Å². The second-order valence-electron chi connectivity index (χ2n) is 5.82. The van der Waals surface area contributed by atoms with Crippen molar-refractivity contribution >= 4 is 17.2 Å². The number of nitrogens with two attached hydrogens (primary N) is 1. The molecular formula is C18H17N3O2S. The van der Waals surface area contributed by atoms with Crippen molar-refractivity contribution < 1.29 is 9.21 Å². The fraction of sp³-hybridized carbons (Fsp3) is 0.222. The van der Waals surface area contributed by atoms with Gasteiger partial charge in [-0.3, -0.25) is 9.69 Å². The predicted octanol–water partition coefficient (Wildman–Crippen LogP) is 2.99. The number of nitrogens with zero attached hydrogens (tertiary/aromatic N) is 2. The molecule has 0 saturated heterocycles. The number of aromatic nitrogens is 1. The van der Waals surface area contributed by atoms with Crippen LogP contribution < -0.4 is 5.73 Å². The van der Waals surface area contributed by atoms with E-state index in [0.29, 0.717) is 12.4 Å². The minimum atomic E-state index is -0.438. The zero-order chi connectivity index (χ0) is 16.5. The first kappa shape index (κ1) is 15.1. The molecule has 24 heavy (non-hydrogen) atoms. The van der Waals surface area contributed by atoms with Crippen LogP contribution in [0.15, 0.2) is 52.4 Å². The molecule has 4 rings (SSSR count). The molecule has 1 aliphatic heterocycles. The maximum absolute atomic E-state index is 12.0. The van der Waals surface area contributed by atoms with Gasteiger partial charge >= 0.3 is 0 Å². The van der Waals surface area contributed by atoms with Crippen LogP contribution in [0.1, 0.15) is 23.1 Å². The maximum atomic E-state index is 12.0. The molecule has 122 valence electrons.